The second-order valence-corrected chi connectivity index (χ2v) is 7.60. The Hall–Kier alpha value is -1.20. The van der Waals surface area contributed by atoms with Gasteiger partial charge in [-0.3, -0.25) is 0 Å². The molecule has 1 aliphatic heterocycles. The van der Waals surface area contributed by atoms with Crippen molar-refractivity contribution in [2.75, 3.05) is 20.3 Å². The van der Waals surface area contributed by atoms with Crippen molar-refractivity contribution in [2.45, 2.75) is 70.0 Å². The maximum absolute atomic E-state index is 14.3. The van der Waals surface area contributed by atoms with Gasteiger partial charge in [0.2, 0.25) is 5.82 Å². The van der Waals surface area contributed by atoms with E-state index in [1.54, 1.807) is 6.07 Å². The lowest BCUT2D eigenvalue weighted by Gasteiger charge is -2.32. The van der Waals surface area contributed by atoms with Gasteiger partial charge in [0.15, 0.2) is 11.6 Å². The molecule has 26 heavy (non-hydrogen) atoms. The van der Waals surface area contributed by atoms with Crippen molar-refractivity contribution >= 4 is 0 Å². The summed E-state index contributed by atoms with van der Waals surface area (Å²) in [6.07, 6.45) is 7.46. The Morgan fingerprint density at radius 1 is 1.04 bits per heavy atom. The number of ether oxygens (including phenoxy) is 3. The fourth-order valence-electron chi connectivity index (χ4n) is 4.15. The highest BCUT2D eigenvalue weighted by Gasteiger charge is 2.28. The van der Waals surface area contributed by atoms with Crippen LogP contribution in [0.5, 0.6) is 5.75 Å². The zero-order valence-electron chi connectivity index (χ0n) is 15.8. The van der Waals surface area contributed by atoms with E-state index >= 15 is 0 Å². The molecular formula is C21H30F2O3. The summed E-state index contributed by atoms with van der Waals surface area (Å²) in [5.74, 6) is -1.14. The van der Waals surface area contributed by atoms with Crippen LogP contribution < -0.4 is 4.74 Å². The number of benzene rings is 1. The number of rotatable bonds is 6. The Morgan fingerprint density at radius 2 is 1.81 bits per heavy atom. The summed E-state index contributed by atoms with van der Waals surface area (Å²) in [5.41, 5.74) is 0.466. The second-order valence-electron chi connectivity index (χ2n) is 7.60. The van der Waals surface area contributed by atoms with Crippen LogP contribution in [0, 0.1) is 17.6 Å². The molecule has 1 aromatic carbocycles. The van der Waals surface area contributed by atoms with Crippen LogP contribution >= 0.6 is 0 Å². The van der Waals surface area contributed by atoms with Crippen molar-refractivity contribution in [1.29, 1.82) is 0 Å². The molecule has 0 spiro atoms. The van der Waals surface area contributed by atoms with E-state index in [1.807, 2.05) is 0 Å². The zero-order chi connectivity index (χ0) is 18.5. The molecule has 1 saturated heterocycles. The lowest BCUT2D eigenvalue weighted by atomic mass is 9.82. The van der Waals surface area contributed by atoms with Gasteiger partial charge in [0.25, 0.3) is 0 Å². The van der Waals surface area contributed by atoms with Crippen LogP contribution in [0.25, 0.3) is 0 Å². The molecule has 1 aromatic rings. The molecule has 0 amide bonds. The predicted octanol–water partition coefficient (Wildman–Crippen LogP) is 5.22. The van der Waals surface area contributed by atoms with Gasteiger partial charge in [0.05, 0.1) is 32.5 Å². The Morgan fingerprint density at radius 3 is 2.42 bits per heavy atom. The first-order valence-corrected chi connectivity index (χ1v) is 9.87. The third-order valence-corrected chi connectivity index (χ3v) is 5.90. The zero-order valence-corrected chi connectivity index (χ0v) is 15.8. The lowest BCUT2D eigenvalue weighted by molar-refractivity contribution is -0.0633. The van der Waals surface area contributed by atoms with E-state index in [0.29, 0.717) is 17.6 Å². The maximum atomic E-state index is 14.3. The molecule has 2 aliphatic rings. The summed E-state index contributed by atoms with van der Waals surface area (Å²) in [5, 5.41) is 0. The Labute approximate surface area is 155 Å². The number of hydrogen-bond acceptors (Lipinski definition) is 3. The van der Waals surface area contributed by atoms with Crippen molar-refractivity contribution in [3.8, 4) is 5.75 Å². The van der Waals surface area contributed by atoms with Crippen molar-refractivity contribution < 1.29 is 23.0 Å². The molecule has 0 radical (unpaired) electrons. The van der Waals surface area contributed by atoms with Gasteiger partial charge in [-0.2, -0.15) is 4.39 Å². The van der Waals surface area contributed by atoms with E-state index in [0.717, 1.165) is 51.7 Å². The summed E-state index contributed by atoms with van der Waals surface area (Å²) in [6, 6.07) is 3.18. The molecule has 5 heteroatoms. The highest BCUT2D eigenvalue weighted by molar-refractivity contribution is 5.33. The molecule has 0 N–H and O–H groups in total. The van der Waals surface area contributed by atoms with E-state index < -0.39 is 11.6 Å². The molecule has 1 aliphatic carbocycles. The average molecular weight is 368 g/mol. The van der Waals surface area contributed by atoms with Crippen LogP contribution in [0.4, 0.5) is 8.78 Å². The standard InChI is InChI=1S/C21H30F2O3/c1-3-16-7-4-14(12-25-16)13-26-17-8-5-15(6-9-17)18-10-11-19(24-2)21(23)20(18)22/h10-11,14-17H,3-9,12-13H2,1-2H3. The van der Waals surface area contributed by atoms with Crippen LogP contribution in [-0.2, 0) is 9.47 Å². The summed E-state index contributed by atoms with van der Waals surface area (Å²) < 4.78 is 45.0. The first kappa shape index (κ1) is 19.6. The van der Waals surface area contributed by atoms with Gasteiger partial charge in [-0.1, -0.05) is 13.0 Å². The Kier molecular flexibility index (Phi) is 6.87. The average Bonchev–Trinajstić information content (AvgIpc) is 2.69. The van der Waals surface area contributed by atoms with Crippen molar-refractivity contribution in [1.82, 2.24) is 0 Å². The third-order valence-electron chi connectivity index (χ3n) is 5.90. The minimum atomic E-state index is -0.883. The number of halogens is 2. The van der Waals surface area contributed by atoms with Gasteiger partial charge < -0.3 is 14.2 Å². The number of hydrogen-bond donors (Lipinski definition) is 0. The molecular weight excluding hydrogens is 338 g/mol. The highest BCUT2D eigenvalue weighted by atomic mass is 19.2. The molecule has 1 saturated carbocycles. The second kappa shape index (κ2) is 9.14. The van der Waals surface area contributed by atoms with Crippen LogP contribution in [0.1, 0.15) is 63.4 Å². The molecule has 0 aromatic heterocycles. The van der Waals surface area contributed by atoms with Crippen molar-refractivity contribution in [3.63, 3.8) is 0 Å². The van der Waals surface area contributed by atoms with Crippen molar-refractivity contribution in [2.24, 2.45) is 5.92 Å². The van der Waals surface area contributed by atoms with Crippen LogP contribution in [0.3, 0.4) is 0 Å². The minimum Gasteiger partial charge on any atom is -0.494 e. The molecule has 2 fully saturated rings. The number of methoxy groups -OCH3 is 1. The third kappa shape index (κ3) is 4.55. The van der Waals surface area contributed by atoms with Gasteiger partial charge in [-0.05, 0) is 62.5 Å². The van der Waals surface area contributed by atoms with Crippen LogP contribution in [0.15, 0.2) is 12.1 Å². The molecule has 2 atom stereocenters. The lowest BCUT2D eigenvalue weighted by Crippen LogP contribution is -2.30. The van der Waals surface area contributed by atoms with E-state index in [-0.39, 0.29) is 17.8 Å². The monoisotopic (exact) mass is 368 g/mol. The largest absolute Gasteiger partial charge is 0.494 e. The minimum absolute atomic E-state index is 0.0386. The summed E-state index contributed by atoms with van der Waals surface area (Å²) in [7, 11) is 1.35. The van der Waals surface area contributed by atoms with E-state index in [1.165, 1.54) is 19.6 Å². The fraction of sp³-hybridized carbons (Fsp3) is 0.714. The van der Waals surface area contributed by atoms with Crippen molar-refractivity contribution in [3.05, 3.63) is 29.3 Å². The Balaban J connectivity index is 1.45. The first-order valence-electron chi connectivity index (χ1n) is 9.87. The van der Waals surface area contributed by atoms with E-state index in [2.05, 4.69) is 6.92 Å². The maximum Gasteiger partial charge on any atom is 0.200 e. The molecule has 1 heterocycles. The van der Waals surface area contributed by atoms with Crippen LogP contribution in [0.2, 0.25) is 0 Å². The molecule has 146 valence electrons. The summed E-state index contributed by atoms with van der Waals surface area (Å²) in [6.45, 7) is 3.71. The topological polar surface area (TPSA) is 27.7 Å². The van der Waals surface area contributed by atoms with Crippen LogP contribution in [-0.4, -0.2) is 32.5 Å². The van der Waals surface area contributed by atoms with E-state index in [4.69, 9.17) is 14.2 Å². The molecule has 0 bridgehead atoms. The SMILES string of the molecule is CCC1CCC(COC2CCC(c3ccc(OC)c(F)c3F)CC2)CO1. The predicted molar refractivity (Wildman–Crippen MR) is 96.6 cm³/mol. The molecule has 2 unspecified atom stereocenters. The van der Waals surface area contributed by atoms with Gasteiger partial charge in [0, 0.05) is 5.92 Å². The summed E-state index contributed by atoms with van der Waals surface area (Å²) in [4.78, 5) is 0. The first-order chi connectivity index (χ1) is 12.6. The van der Waals surface area contributed by atoms with Gasteiger partial charge in [-0.25, -0.2) is 4.39 Å². The van der Waals surface area contributed by atoms with Gasteiger partial charge >= 0.3 is 0 Å². The molecule has 3 nitrogen and oxygen atoms in total. The van der Waals surface area contributed by atoms with Gasteiger partial charge in [0.1, 0.15) is 0 Å². The molecule has 3 rings (SSSR count). The normalized spacial score (nSPS) is 29.5. The van der Waals surface area contributed by atoms with Gasteiger partial charge in [-0.15, -0.1) is 0 Å². The quantitative estimate of drug-likeness (QED) is 0.689. The summed E-state index contributed by atoms with van der Waals surface area (Å²) >= 11 is 0. The smallest absolute Gasteiger partial charge is 0.200 e. The Bertz CT molecular complexity index is 577. The fourth-order valence-corrected chi connectivity index (χ4v) is 4.15. The van der Waals surface area contributed by atoms with E-state index in [9.17, 15) is 8.78 Å². The highest BCUT2D eigenvalue weighted by Crippen LogP contribution is 2.37.